The molecule has 1 amide bonds. The largest absolute Gasteiger partial charge is 0.453 e. The first-order valence-corrected chi connectivity index (χ1v) is 9.13. The topological polar surface area (TPSA) is 99.4 Å². The molecule has 0 aliphatic heterocycles. The lowest BCUT2D eigenvalue weighted by Gasteiger charge is -2.27. The summed E-state index contributed by atoms with van der Waals surface area (Å²) < 4.78 is 5.16. The zero-order valence-electron chi connectivity index (χ0n) is 15.6. The number of nitrogens with zero attached hydrogens (tertiary/aromatic N) is 1. The SMILES string of the molecule is C[C@@](C#N)(NC(=O)COC(=O)C(O)(c1ccccc1)c1ccccc1)C1CC1. The van der Waals surface area contributed by atoms with Gasteiger partial charge in [0.1, 0.15) is 5.54 Å². The number of amides is 1. The molecule has 0 bridgehead atoms. The van der Waals surface area contributed by atoms with Crippen molar-refractivity contribution in [3.63, 3.8) is 0 Å². The maximum atomic E-state index is 12.8. The van der Waals surface area contributed by atoms with Crippen molar-refractivity contribution >= 4 is 11.9 Å². The van der Waals surface area contributed by atoms with Crippen molar-refractivity contribution < 1.29 is 19.4 Å². The standard InChI is InChI=1S/C22H22N2O4/c1-21(15-23,16-12-13-16)24-19(25)14-28-20(26)22(27,17-8-4-2-5-9-17)18-10-6-3-7-11-18/h2-11,16,27H,12-14H2,1H3,(H,24,25)/t21-/m0/s1. The molecular formula is C22H22N2O4. The van der Waals surface area contributed by atoms with Crippen LogP contribution in [0.1, 0.15) is 30.9 Å². The lowest BCUT2D eigenvalue weighted by molar-refractivity contribution is -0.164. The molecule has 0 saturated heterocycles. The van der Waals surface area contributed by atoms with Crippen LogP contribution in [0.3, 0.4) is 0 Å². The van der Waals surface area contributed by atoms with E-state index in [-0.39, 0.29) is 5.92 Å². The molecule has 6 nitrogen and oxygen atoms in total. The Morgan fingerprint density at radius 3 is 2.04 bits per heavy atom. The molecular weight excluding hydrogens is 356 g/mol. The Bertz CT molecular complexity index is 848. The van der Waals surface area contributed by atoms with E-state index in [4.69, 9.17) is 4.74 Å². The van der Waals surface area contributed by atoms with Crippen molar-refractivity contribution in [1.82, 2.24) is 5.32 Å². The Labute approximate surface area is 163 Å². The highest BCUT2D eigenvalue weighted by Crippen LogP contribution is 2.39. The summed E-state index contributed by atoms with van der Waals surface area (Å²) in [5, 5.41) is 23.2. The lowest BCUT2D eigenvalue weighted by atomic mass is 9.86. The summed E-state index contributed by atoms with van der Waals surface area (Å²) in [6, 6.07) is 19.0. The summed E-state index contributed by atoms with van der Waals surface area (Å²) >= 11 is 0. The number of carbonyl (C=O) groups is 2. The van der Waals surface area contributed by atoms with Crippen molar-refractivity contribution in [3.05, 3.63) is 71.8 Å². The molecule has 2 aromatic carbocycles. The first kappa shape index (κ1) is 19.6. The number of carbonyl (C=O) groups excluding carboxylic acids is 2. The van der Waals surface area contributed by atoms with Gasteiger partial charge in [-0.3, -0.25) is 4.79 Å². The second-order valence-corrected chi connectivity index (χ2v) is 7.16. The smallest absolute Gasteiger partial charge is 0.348 e. The number of aliphatic hydroxyl groups is 1. The molecule has 0 aromatic heterocycles. The third-order valence-corrected chi connectivity index (χ3v) is 5.04. The Morgan fingerprint density at radius 1 is 1.11 bits per heavy atom. The number of benzene rings is 2. The fraction of sp³-hybridized carbons (Fsp3) is 0.318. The van der Waals surface area contributed by atoms with E-state index in [9.17, 15) is 20.0 Å². The Balaban J connectivity index is 1.76. The predicted molar refractivity (Wildman–Crippen MR) is 102 cm³/mol. The highest BCUT2D eigenvalue weighted by atomic mass is 16.6. The maximum absolute atomic E-state index is 12.8. The van der Waals surface area contributed by atoms with Crippen LogP contribution in [0.5, 0.6) is 0 Å². The normalized spacial score (nSPS) is 15.8. The summed E-state index contributed by atoms with van der Waals surface area (Å²) in [7, 11) is 0. The summed E-state index contributed by atoms with van der Waals surface area (Å²) in [6.45, 7) is 1.08. The Morgan fingerprint density at radius 2 is 1.61 bits per heavy atom. The minimum atomic E-state index is -2.04. The van der Waals surface area contributed by atoms with Crippen LogP contribution in [0.15, 0.2) is 60.7 Å². The molecule has 2 N–H and O–H groups in total. The fourth-order valence-electron chi connectivity index (χ4n) is 3.20. The van der Waals surface area contributed by atoms with Crippen LogP contribution in [0.2, 0.25) is 0 Å². The van der Waals surface area contributed by atoms with Crippen molar-refractivity contribution in [2.24, 2.45) is 5.92 Å². The van der Waals surface area contributed by atoms with Gasteiger partial charge in [-0.15, -0.1) is 0 Å². The minimum absolute atomic E-state index is 0.114. The summed E-state index contributed by atoms with van der Waals surface area (Å²) in [4.78, 5) is 25.1. The Hall–Kier alpha value is -3.17. The number of ether oxygens (including phenoxy) is 1. The van der Waals surface area contributed by atoms with E-state index < -0.39 is 29.6 Å². The highest BCUT2D eigenvalue weighted by Gasteiger charge is 2.44. The number of nitriles is 1. The van der Waals surface area contributed by atoms with Crippen LogP contribution in [0.25, 0.3) is 0 Å². The number of esters is 1. The first-order valence-electron chi connectivity index (χ1n) is 9.13. The van der Waals surface area contributed by atoms with Gasteiger partial charge in [0.25, 0.3) is 5.91 Å². The third-order valence-electron chi connectivity index (χ3n) is 5.04. The third kappa shape index (κ3) is 3.90. The maximum Gasteiger partial charge on any atom is 0.348 e. The van der Waals surface area contributed by atoms with E-state index in [1.165, 1.54) is 0 Å². The van der Waals surface area contributed by atoms with Crippen molar-refractivity contribution in [2.75, 3.05) is 6.61 Å². The molecule has 1 atom stereocenters. The fourth-order valence-corrected chi connectivity index (χ4v) is 3.20. The molecule has 3 rings (SSSR count). The molecule has 1 aliphatic carbocycles. The Kier molecular flexibility index (Phi) is 5.48. The molecule has 6 heteroatoms. The van der Waals surface area contributed by atoms with Crippen LogP contribution in [0.4, 0.5) is 0 Å². The van der Waals surface area contributed by atoms with E-state index in [0.29, 0.717) is 11.1 Å². The van der Waals surface area contributed by atoms with Gasteiger partial charge in [0.15, 0.2) is 6.61 Å². The van der Waals surface area contributed by atoms with Gasteiger partial charge in [-0.2, -0.15) is 5.26 Å². The van der Waals surface area contributed by atoms with Crippen molar-refractivity contribution in [2.45, 2.75) is 30.9 Å². The van der Waals surface area contributed by atoms with Gasteiger partial charge in [0.05, 0.1) is 6.07 Å². The van der Waals surface area contributed by atoms with Gasteiger partial charge in [0, 0.05) is 0 Å². The molecule has 0 heterocycles. The van der Waals surface area contributed by atoms with E-state index in [1.54, 1.807) is 67.6 Å². The molecule has 2 aromatic rings. The molecule has 0 unspecified atom stereocenters. The average Bonchev–Trinajstić information content (AvgIpc) is 3.58. The van der Waals surface area contributed by atoms with Crippen molar-refractivity contribution in [1.29, 1.82) is 5.26 Å². The van der Waals surface area contributed by atoms with Crippen LogP contribution in [-0.4, -0.2) is 29.1 Å². The lowest BCUT2D eigenvalue weighted by Crippen LogP contribution is -2.49. The molecule has 0 spiro atoms. The molecule has 28 heavy (non-hydrogen) atoms. The second-order valence-electron chi connectivity index (χ2n) is 7.16. The molecule has 1 aliphatic rings. The number of hydrogen-bond acceptors (Lipinski definition) is 5. The number of hydrogen-bond donors (Lipinski definition) is 2. The van der Waals surface area contributed by atoms with E-state index in [2.05, 4.69) is 11.4 Å². The van der Waals surface area contributed by atoms with E-state index in [0.717, 1.165) is 12.8 Å². The van der Waals surface area contributed by atoms with Crippen LogP contribution < -0.4 is 5.32 Å². The van der Waals surface area contributed by atoms with Crippen LogP contribution in [-0.2, 0) is 19.9 Å². The number of rotatable bonds is 7. The van der Waals surface area contributed by atoms with E-state index in [1.807, 2.05) is 0 Å². The monoisotopic (exact) mass is 378 g/mol. The van der Waals surface area contributed by atoms with Gasteiger partial charge in [-0.05, 0) is 36.8 Å². The summed E-state index contributed by atoms with van der Waals surface area (Å²) in [6.07, 6.45) is 1.76. The summed E-state index contributed by atoms with van der Waals surface area (Å²) in [5.74, 6) is -1.42. The zero-order chi connectivity index (χ0) is 20.2. The van der Waals surface area contributed by atoms with Gasteiger partial charge in [0.2, 0.25) is 5.60 Å². The van der Waals surface area contributed by atoms with Gasteiger partial charge in [-0.1, -0.05) is 60.7 Å². The first-order chi connectivity index (χ1) is 13.4. The molecule has 1 saturated carbocycles. The van der Waals surface area contributed by atoms with Gasteiger partial charge < -0.3 is 15.2 Å². The van der Waals surface area contributed by atoms with Crippen molar-refractivity contribution in [3.8, 4) is 6.07 Å². The molecule has 144 valence electrons. The van der Waals surface area contributed by atoms with E-state index >= 15 is 0 Å². The van der Waals surface area contributed by atoms with Gasteiger partial charge >= 0.3 is 5.97 Å². The number of nitrogens with one attached hydrogen (secondary N) is 1. The van der Waals surface area contributed by atoms with Crippen LogP contribution >= 0.6 is 0 Å². The van der Waals surface area contributed by atoms with Crippen LogP contribution in [0, 0.1) is 17.2 Å². The summed E-state index contributed by atoms with van der Waals surface area (Å²) in [5.41, 5.74) is -2.34. The molecule has 1 fully saturated rings. The molecule has 0 radical (unpaired) electrons. The zero-order valence-corrected chi connectivity index (χ0v) is 15.6. The van der Waals surface area contributed by atoms with Gasteiger partial charge in [-0.25, -0.2) is 4.79 Å². The highest BCUT2D eigenvalue weighted by molar-refractivity contribution is 5.88. The quantitative estimate of drug-likeness (QED) is 0.720. The average molecular weight is 378 g/mol. The minimum Gasteiger partial charge on any atom is -0.453 e. The second kappa shape index (κ2) is 7.83. The predicted octanol–water partition coefficient (Wildman–Crippen LogP) is 2.27.